The monoisotopic (exact) mass is 958 g/mol. The number of rotatable bonds is 10. The van der Waals surface area contributed by atoms with Crippen LogP contribution in [0.25, 0.3) is 38.9 Å². The fourth-order valence-corrected chi connectivity index (χ4v) is 12.0. The van der Waals surface area contributed by atoms with Crippen molar-refractivity contribution in [2.45, 2.75) is 68.4 Å². The van der Waals surface area contributed by atoms with Gasteiger partial charge in [0.05, 0.1) is 73.0 Å². The zero-order valence-corrected chi connectivity index (χ0v) is 39.4. The number of urea groups is 1. The minimum atomic E-state index is -0.547. The number of aryl methyl sites for hydroxylation is 1. The number of anilines is 3. The van der Waals surface area contributed by atoms with E-state index in [0.29, 0.717) is 71.0 Å². The lowest BCUT2D eigenvalue weighted by Crippen LogP contribution is -2.51. The van der Waals surface area contributed by atoms with Crippen molar-refractivity contribution in [3.63, 3.8) is 0 Å². The molecule has 71 heavy (non-hydrogen) atoms. The maximum atomic E-state index is 15.8. The smallest absolute Gasteiger partial charge is 0.329 e. The predicted octanol–water partition coefficient (Wildman–Crippen LogP) is 4.55. The number of nitrogens with zero attached hydrogens (tertiary/aromatic N) is 15. The molecule has 5 saturated heterocycles. The Morgan fingerprint density at radius 2 is 1.75 bits per heavy atom. The number of imide groups is 1. The maximum Gasteiger partial charge on any atom is 0.329 e. The topological polar surface area (TPSA) is 196 Å². The first-order chi connectivity index (χ1) is 34.6. The van der Waals surface area contributed by atoms with E-state index in [1.807, 2.05) is 49.1 Å². The average molecular weight is 959 g/mol. The van der Waals surface area contributed by atoms with E-state index in [1.54, 1.807) is 29.6 Å². The van der Waals surface area contributed by atoms with Crippen molar-refractivity contribution in [1.82, 2.24) is 59.2 Å². The molecule has 3 amide bonds. The average Bonchev–Trinajstić information content (AvgIpc) is 3.97. The molecule has 0 bridgehead atoms. The Bertz CT molecular complexity index is 3280. The van der Waals surface area contributed by atoms with Crippen LogP contribution in [-0.4, -0.2) is 149 Å². The Morgan fingerprint density at radius 1 is 0.901 bits per heavy atom. The van der Waals surface area contributed by atoms with Crippen molar-refractivity contribution in [2.24, 2.45) is 7.05 Å². The van der Waals surface area contributed by atoms with E-state index in [4.69, 9.17) is 24.5 Å². The van der Waals surface area contributed by atoms with Gasteiger partial charge in [-0.25, -0.2) is 28.7 Å². The molecule has 1 N–H and O–H groups in total. The van der Waals surface area contributed by atoms with Crippen LogP contribution in [0.2, 0.25) is 0 Å². The van der Waals surface area contributed by atoms with Gasteiger partial charge >= 0.3 is 6.03 Å². The number of carbonyl (C=O) groups excluding carboxylic acids is 2. The fraction of sp³-hybridized carbons (Fsp3) is 0.420. The normalized spacial score (nSPS) is 25.4. The quantitative estimate of drug-likeness (QED) is 0.188. The lowest BCUT2D eigenvalue weighted by atomic mass is 9.90. The van der Waals surface area contributed by atoms with Gasteiger partial charge in [-0.05, 0) is 55.5 Å². The summed E-state index contributed by atoms with van der Waals surface area (Å²) in [6.07, 6.45) is 16.1. The Balaban J connectivity index is 0.657. The highest BCUT2D eigenvalue weighted by Crippen LogP contribution is 2.54. The molecule has 6 aliphatic rings. The van der Waals surface area contributed by atoms with Crippen LogP contribution in [0.1, 0.15) is 49.3 Å². The number of nitriles is 1. The Morgan fingerprint density at radius 3 is 2.51 bits per heavy atom. The number of halogens is 1. The summed E-state index contributed by atoms with van der Waals surface area (Å²) in [6, 6.07) is 14.3. The summed E-state index contributed by atoms with van der Waals surface area (Å²) in [6.45, 7) is 5.53. The molecule has 5 aliphatic heterocycles. The van der Waals surface area contributed by atoms with Gasteiger partial charge in [-0.3, -0.25) is 34.2 Å². The second-order valence-electron chi connectivity index (χ2n) is 19.6. The van der Waals surface area contributed by atoms with Crippen LogP contribution in [0.4, 0.5) is 26.5 Å². The zero-order valence-electron chi connectivity index (χ0n) is 39.4. The van der Waals surface area contributed by atoms with Gasteiger partial charge in [-0.2, -0.15) is 20.6 Å². The molecular weight excluding hydrogens is 908 g/mol. The highest BCUT2D eigenvalue weighted by molar-refractivity contribution is 6.09. The number of fused-ring (bicyclic) bond motifs is 3. The van der Waals surface area contributed by atoms with Crippen molar-refractivity contribution in [2.75, 3.05) is 74.2 Å². The van der Waals surface area contributed by atoms with Crippen LogP contribution >= 0.6 is 0 Å². The number of ether oxygens (including phenoxy) is 2. The molecule has 4 atom stereocenters. The summed E-state index contributed by atoms with van der Waals surface area (Å²) in [7, 11) is 3.40. The van der Waals surface area contributed by atoms with Crippen LogP contribution in [-0.2, 0) is 23.0 Å². The van der Waals surface area contributed by atoms with Gasteiger partial charge in [-0.15, -0.1) is 0 Å². The van der Waals surface area contributed by atoms with Crippen molar-refractivity contribution >= 4 is 45.7 Å². The molecule has 2 unspecified atom stereocenters. The van der Waals surface area contributed by atoms with Crippen LogP contribution in [0.5, 0.6) is 5.88 Å². The molecule has 0 radical (unpaired) electrons. The van der Waals surface area contributed by atoms with Crippen molar-refractivity contribution in [3.8, 4) is 34.5 Å². The van der Waals surface area contributed by atoms with Gasteiger partial charge < -0.3 is 19.3 Å². The minimum absolute atomic E-state index is 0.163. The molecule has 0 spiro atoms. The van der Waals surface area contributed by atoms with Gasteiger partial charge in [0.2, 0.25) is 11.8 Å². The lowest BCUT2D eigenvalue weighted by Gasteiger charge is -2.42. The Labute approximate surface area is 407 Å². The van der Waals surface area contributed by atoms with Gasteiger partial charge in [0.15, 0.2) is 5.82 Å². The standard InChI is InChI=1S/C50H51FN16O4/c1-60-40-18-41(38(51)17-37(40)48(59-60)64-12-11-44(68)58-49(64)69)62-15-13-61(14-16-62)34-5-7-35(8-6-34)65-25-33(24-55-65)39-27-66-47(32(20-52)23-56-66)46(57-39)31-4-9-43(53-22-31)63-26-36-29-71-50(42(28-63)67(36)50)19-30-3-10-45(70-2)54-21-30/h3-4,9-10,17-18,21-25,27,34-36,42H,5-8,11-16,19,26,28-29H2,1-2H3,(H,58,68,69)/t34?,35?,36-,42+,50?,67?/m0/s1. The molecule has 6 aromatic heterocycles. The van der Waals surface area contributed by atoms with Gasteiger partial charge in [0, 0.05) is 113 Å². The number of piperazine rings is 2. The third-order valence-corrected chi connectivity index (χ3v) is 15.7. The van der Waals surface area contributed by atoms with Gasteiger partial charge in [0.25, 0.3) is 0 Å². The molecule has 20 nitrogen and oxygen atoms in total. The van der Waals surface area contributed by atoms with Crippen LogP contribution < -0.4 is 24.8 Å². The SMILES string of the molecule is COc1ccc(CC23OC[C@@H]4CN(c5ccc(-c6nc(-c7cnn(C8CCC(N9CCN(c%10cc%11c(cc%10F)c(N%10CCC(=O)NC%10=O)nn%11C)CC9)CC8)c7)cn7ncc(C#N)c67)cn5)C[C@H]2N43)cn1. The molecule has 362 valence electrons. The molecule has 11 heterocycles. The number of aromatic nitrogens is 9. The molecule has 13 rings (SSSR count). The van der Waals surface area contributed by atoms with Crippen molar-refractivity contribution in [3.05, 3.63) is 90.5 Å². The Hall–Kier alpha value is -7.54. The summed E-state index contributed by atoms with van der Waals surface area (Å²) in [5.74, 6) is 1.15. The first-order valence-electron chi connectivity index (χ1n) is 24.4. The fourth-order valence-electron chi connectivity index (χ4n) is 12.0. The third kappa shape index (κ3) is 7.33. The van der Waals surface area contributed by atoms with Gasteiger partial charge in [-0.1, -0.05) is 6.07 Å². The second kappa shape index (κ2) is 16.8. The highest BCUT2D eigenvalue weighted by atomic mass is 19.1. The van der Waals surface area contributed by atoms with E-state index in [-0.39, 0.29) is 48.5 Å². The first-order valence-corrected chi connectivity index (χ1v) is 24.4. The number of pyridine rings is 2. The van der Waals surface area contributed by atoms with Crippen molar-refractivity contribution < 1.29 is 23.5 Å². The molecule has 1 aliphatic carbocycles. The number of carbonyl (C=O) groups is 2. The molecular formula is C50H51FN16O4. The molecule has 6 fully saturated rings. The number of benzene rings is 1. The predicted molar refractivity (Wildman–Crippen MR) is 258 cm³/mol. The van der Waals surface area contributed by atoms with E-state index in [1.165, 1.54) is 11.0 Å². The summed E-state index contributed by atoms with van der Waals surface area (Å²) < 4.78 is 33.0. The van der Waals surface area contributed by atoms with E-state index < -0.39 is 6.03 Å². The van der Waals surface area contributed by atoms with Crippen LogP contribution in [0, 0.1) is 17.1 Å². The molecule has 7 aromatic rings. The number of hydrogen-bond acceptors (Lipinski definition) is 15. The van der Waals surface area contributed by atoms with Crippen molar-refractivity contribution in [1.29, 1.82) is 5.26 Å². The Kier molecular flexibility index (Phi) is 10.3. The summed E-state index contributed by atoms with van der Waals surface area (Å²) >= 11 is 0. The number of amides is 3. The minimum Gasteiger partial charge on any atom is -0.481 e. The number of hydrogen-bond donors (Lipinski definition) is 1. The van der Waals surface area contributed by atoms with E-state index in [0.717, 1.165) is 86.3 Å². The summed E-state index contributed by atoms with van der Waals surface area (Å²) in [4.78, 5) is 49.8. The second-order valence-corrected chi connectivity index (χ2v) is 19.6. The first kappa shape index (κ1) is 43.5. The molecule has 21 heteroatoms. The third-order valence-electron chi connectivity index (χ3n) is 15.7. The number of morpholine rings is 1. The largest absolute Gasteiger partial charge is 0.481 e. The maximum absolute atomic E-state index is 15.8. The number of nitrogens with one attached hydrogen (secondary N) is 1. The zero-order chi connectivity index (χ0) is 48.1. The van der Waals surface area contributed by atoms with Crippen LogP contribution in [0.3, 0.4) is 0 Å². The lowest BCUT2D eigenvalue weighted by molar-refractivity contribution is -0.120. The van der Waals surface area contributed by atoms with E-state index >= 15 is 4.39 Å². The highest BCUT2D eigenvalue weighted by Gasteiger charge is 2.72. The van der Waals surface area contributed by atoms with E-state index in [2.05, 4.69) is 63.1 Å². The summed E-state index contributed by atoms with van der Waals surface area (Å²) in [5.41, 5.74) is 6.11. The molecule has 1 saturated carbocycles. The number of methoxy groups -OCH3 is 1. The summed E-state index contributed by atoms with van der Waals surface area (Å²) in [5, 5.41) is 26.9. The van der Waals surface area contributed by atoms with Crippen LogP contribution in [0.15, 0.2) is 73.6 Å². The van der Waals surface area contributed by atoms with E-state index in [9.17, 15) is 14.9 Å². The molecule has 1 aromatic carbocycles. The van der Waals surface area contributed by atoms with Gasteiger partial charge in [0.1, 0.15) is 34.5 Å².